The van der Waals surface area contributed by atoms with E-state index in [-0.39, 0.29) is 6.04 Å². The maximum Gasteiger partial charge on any atom is 0.320 e. The van der Waals surface area contributed by atoms with Crippen LogP contribution in [0, 0.1) is 0 Å². The van der Waals surface area contributed by atoms with Crippen molar-refractivity contribution in [2.24, 2.45) is 0 Å². The Kier molecular flexibility index (Phi) is 5.79. The third kappa shape index (κ3) is 3.69. The van der Waals surface area contributed by atoms with Gasteiger partial charge in [0.25, 0.3) is 0 Å². The smallest absolute Gasteiger partial charge is 0.320 e. The summed E-state index contributed by atoms with van der Waals surface area (Å²) in [5.74, 6) is -0.129. The molecule has 0 saturated carbocycles. The van der Waals surface area contributed by atoms with E-state index in [1.54, 1.807) is 13.2 Å². The Morgan fingerprint density at radius 3 is 2.85 bits per heavy atom. The van der Waals surface area contributed by atoms with Crippen LogP contribution in [0.15, 0.2) is 36.5 Å². The quantitative estimate of drug-likeness (QED) is 0.829. The summed E-state index contributed by atoms with van der Waals surface area (Å²) >= 11 is 6.25. The van der Waals surface area contributed by atoms with Crippen molar-refractivity contribution in [3.05, 3.63) is 58.4 Å². The second-order valence-corrected chi connectivity index (χ2v) is 6.90. The van der Waals surface area contributed by atoms with Crippen LogP contribution in [0.4, 0.5) is 0 Å². The molecule has 5 nitrogen and oxygen atoms in total. The van der Waals surface area contributed by atoms with Crippen molar-refractivity contribution >= 4 is 17.6 Å². The van der Waals surface area contributed by atoms with Gasteiger partial charge in [-0.3, -0.25) is 14.7 Å². The number of carbonyl (C=O) groups is 1. The molecular formula is C20H23ClN2O3. The van der Waals surface area contributed by atoms with E-state index in [1.165, 1.54) is 0 Å². The summed E-state index contributed by atoms with van der Waals surface area (Å²) in [5, 5.41) is 10.3. The Labute approximate surface area is 158 Å². The molecule has 2 atom stereocenters. The summed E-state index contributed by atoms with van der Waals surface area (Å²) in [4.78, 5) is 18.4. The van der Waals surface area contributed by atoms with Gasteiger partial charge in [0.1, 0.15) is 11.8 Å². The number of aliphatic carboxylic acids is 1. The van der Waals surface area contributed by atoms with Gasteiger partial charge in [0.2, 0.25) is 0 Å². The number of likely N-dealkylation sites (tertiary alicyclic amines) is 1. The van der Waals surface area contributed by atoms with Gasteiger partial charge in [-0.25, -0.2) is 0 Å². The monoisotopic (exact) mass is 374 g/mol. The summed E-state index contributed by atoms with van der Waals surface area (Å²) in [7, 11) is 1.61. The van der Waals surface area contributed by atoms with Gasteiger partial charge < -0.3 is 9.84 Å². The van der Waals surface area contributed by atoms with Crippen molar-refractivity contribution in [1.29, 1.82) is 0 Å². The first-order chi connectivity index (χ1) is 12.5. The van der Waals surface area contributed by atoms with E-state index in [0.717, 1.165) is 29.7 Å². The fourth-order valence-corrected chi connectivity index (χ4v) is 3.78. The highest BCUT2D eigenvalue weighted by atomic mass is 35.5. The molecule has 1 aromatic heterocycles. The average molecular weight is 375 g/mol. The second-order valence-electron chi connectivity index (χ2n) is 6.47. The molecule has 1 aliphatic rings. The van der Waals surface area contributed by atoms with Gasteiger partial charge in [0.15, 0.2) is 0 Å². The van der Waals surface area contributed by atoms with Crippen LogP contribution in [0.25, 0.3) is 0 Å². The predicted molar refractivity (Wildman–Crippen MR) is 101 cm³/mol. The highest BCUT2D eigenvalue weighted by Gasteiger charge is 2.38. The number of carboxylic acids is 1. The highest BCUT2D eigenvalue weighted by molar-refractivity contribution is 6.30. The van der Waals surface area contributed by atoms with Crippen molar-refractivity contribution in [1.82, 2.24) is 9.88 Å². The Morgan fingerprint density at radius 2 is 2.23 bits per heavy atom. The Balaban J connectivity index is 2.12. The minimum absolute atomic E-state index is 0.321. The Morgan fingerprint density at radius 1 is 1.42 bits per heavy atom. The first-order valence-corrected chi connectivity index (χ1v) is 9.19. The number of methoxy groups -OCH3 is 1. The van der Waals surface area contributed by atoms with E-state index in [0.29, 0.717) is 23.7 Å². The molecule has 1 aliphatic heterocycles. The first-order valence-electron chi connectivity index (χ1n) is 8.82. The van der Waals surface area contributed by atoms with Crippen molar-refractivity contribution in [3.63, 3.8) is 0 Å². The van der Waals surface area contributed by atoms with Crippen LogP contribution in [0.3, 0.4) is 0 Å². The van der Waals surface area contributed by atoms with Crippen molar-refractivity contribution in [2.75, 3.05) is 13.7 Å². The van der Waals surface area contributed by atoms with Crippen LogP contribution in [0.5, 0.6) is 5.75 Å². The number of carboxylic acid groups (broad SMARTS) is 1. The molecule has 2 heterocycles. The van der Waals surface area contributed by atoms with Crippen molar-refractivity contribution in [3.8, 4) is 5.75 Å². The molecular weight excluding hydrogens is 352 g/mol. The minimum Gasteiger partial charge on any atom is -0.496 e. The standard InChI is InChI=1S/C20H23ClN2O3/c1-3-13-6-8-16(22-12-13)19(23-10-4-5-17(23)20(24)25)15-11-14(21)7-9-18(15)26-2/h6-9,11-12,17,19H,3-5,10H2,1-2H3,(H,24,25). The topological polar surface area (TPSA) is 62.7 Å². The predicted octanol–water partition coefficient (Wildman–Crippen LogP) is 3.94. The Bertz CT molecular complexity index is 779. The lowest BCUT2D eigenvalue weighted by Crippen LogP contribution is -2.39. The number of nitrogens with zero attached hydrogens (tertiary/aromatic N) is 2. The summed E-state index contributed by atoms with van der Waals surface area (Å²) in [6, 6.07) is 8.58. The number of hydrogen-bond donors (Lipinski definition) is 1. The van der Waals surface area contributed by atoms with Crippen molar-refractivity contribution in [2.45, 2.75) is 38.3 Å². The summed E-state index contributed by atoms with van der Waals surface area (Å²) in [5.41, 5.74) is 2.78. The van der Waals surface area contributed by atoms with E-state index in [2.05, 4.69) is 11.9 Å². The molecule has 1 N–H and O–H groups in total. The molecule has 1 fully saturated rings. The molecule has 26 heavy (non-hydrogen) atoms. The molecule has 3 rings (SSSR count). The van der Waals surface area contributed by atoms with E-state index >= 15 is 0 Å². The zero-order chi connectivity index (χ0) is 18.7. The van der Waals surface area contributed by atoms with Gasteiger partial charge in [0, 0.05) is 23.3 Å². The molecule has 0 aliphatic carbocycles. The molecule has 2 aromatic rings. The van der Waals surface area contributed by atoms with E-state index in [4.69, 9.17) is 16.3 Å². The molecule has 0 radical (unpaired) electrons. The molecule has 6 heteroatoms. The SMILES string of the molecule is CCc1ccc(C(c2cc(Cl)ccc2OC)N2CCCC2C(=O)O)nc1. The third-order valence-electron chi connectivity index (χ3n) is 4.93. The van der Waals surface area contributed by atoms with E-state index in [1.807, 2.05) is 35.4 Å². The zero-order valence-electron chi connectivity index (χ0n) is 15.0. The maximum absolute atomic E-state index is 11.8. The maximum atomic E-state index is 11.8. The lowest BCUT2D eigenvalue weighted by Gasteiger charge is -2.32. The van der Waals surface area contributed by atoms with Gasteiger partial charge >= 0.3 is 5.97 Å². The van der Waals surface area contributed by atoms with Crippen LogP contribution < -0.4 is 4.74 Å². The van der Waals surface area contributed by atoms with Crippen molar-refractivity contribution < 1.29 is 14.6 Å². The normalized spacial score (nSPS) is 18.7. The summed E-state index contributed by atoms with van der Waals surface area (Å²) in [6.07, 6.45) is 4.22. The fourth-order valence-electron chi connectivity index (χ4n) is 3.60. The van der Waals surface area contributed by atoms with Crippen LogP contribution in [0.1, 0.15) is 42.6 Å². The number of halogens is 1. The molecule has 0 amide bonds. The van der Waals surface area contributed by atoms with Gasteiger partial charge in [-0.15, -0.1) is 0 Å². The van der Waals surface area contributed by atoms with Gasteiger partial charge in [-0.2, -0.15) is 0 Å². The largest absolute Gasteiger partial charge is 0.496 e. The number of pyridine rings is 1. The Hall–Kier alpha value is -2.11. The average Bonchev–Trinajstić information content (AvgIpc) is 3.12. The molecule has 0 spiro atoms. The summed E-state index contributed by atoms with van der Waals surface area (Å²) < 4.78 is 5.54. The van der Waals surface area contributed by atoms with Gasteiger partial charge in [-0.05, 0) is 49.1 Å². The van der Waals surface area contributed by atoms with Crippen LogP contribution in [0.2, 0.25) is 5.02 Å². The van der Waals surface area contributed by atoms with Crippen LogP contribution in [-0.2, 0) is 11.2 Å². The fraction of sp³-hybridized carbons (Fsp3) is 0.400. The third-order valence-corrected chi connectivity index (χ3v) is 5.17. The summed E-state index contributed by atoms with van der Waals surface area (Å²) in [6.45, 7) is 2.77. The number of aromatic nitrogens is 1. The lowest BCUT2D eigenvalue weighted by molar-refractivity contribution is -0.142. The number of ether oxygens (including phenoxy) is 1. The molecule has 2 unspecified atom stereocenters. The molecule has 1 saturated heterocycles. The van der Waals surface area contributed by atoms with Gasteiger partial charge in [-0.1, -0.05) is 24.6 Å². The lowest BCUT2D eigenvalue weighted by atomic mass is 9.98. The zero-order valence-corrected chi connectivity index (χ0v) is 15.7. The van der Waals surface area contributed by atoms with E-state index < -0.39 is 12.0 Å². The number of benzene rings is 1. The van der Waals surface area contributed by atoms with E-state index in [9.17, 15) is 9.90 Å². The second kappa shape index (κ2) is 8.06. The highest BCUT2D eigenvalue weighted by Crippen LogP contribution is 2.39. The van der Waals surface area contributed by atoms with Crippen LogP contribution >= 0.6 is 11.6 Å². The molecule has 1 aromatic carbocycles. The number of hydrogen-bond acceptors (Lipinski definition) is 4. The minimum atomic E-state index is -0.807. The number of aryl methyl sites for hydroxylation is 1. The molecule has 138 valence electrons. The van der Waals surface area contributed by atoms with Crippen LogP contribution in [-0.4, -0.2) is 40.7 Å². The van der Waals surface area contributed by atoms with Gasteiger partial charge in [0.05, 0.1) is 18.8 Å². The first kappa shape index (κ1) is 18.7. The number of rotatable bonds is 6. The molecule has 0 bridgehead atoms.